The number of hydrogen-bond donors (Lipinski definition) is 2. The molecule has 1 aromatic rings. The zero-order valence-corrected chi connectivity index (χ0v) is 6.80. The van der Waals surface area contributed by atoms with Crippen LogP contribution in [-0.4, -0.2) is 11.9 Å². The Hall–Kier alpha value is -0.710. The number of hydrogen-bond acceptors (Lipinski definition) is 4. The number of nitrogens with two attached hydrogens (primary N) is 2. The molecular weight excluding hydrogens is 160 g/mol. The van der Waals surface area contributed by atoms with E-state index in [9.17, 15) is 4.79 Å². The van der Waals surface area contributed by atoms with Crippen LogP contribution in [0.2, 0.25) is 0 Å². The molecule has 60 valence electrons. The second kappa shape index (κ2) is 3.61. The third kappa shape index (κ3) is 2.42. The lowest BCUT2D eigenvalue weighted by Crippen LogP contribution is -2.40. The van der Waals surface area contributed by atoms with Gasteiger partial charge < -0.3 is 11.5 Å². The van der Waals surface area contributed by atoms with Gasteiger partial charge in [-0.2, -0.15) is 11.3 Å². The zero-order valence-electron chi connectivity index (χ0n) is 5.99. The maximum Gasteiger partial charge on any atom is 0.168 e. The molecule has 11 heavy (non-hydrogen) atoms. The molecule has 3 nitrogen and oxygen atoms in total. The van der Waals surface area contributed by atoms with Crippen LogP contribution in [0.4, 0.5) is 0 Å². The summed E-state index contributed by atoms with van der Waals surface area (Å²) in [4.78, 5) is 11.0. The maximum absolute atomic E-state index is 11.0. The number of thiophene rings is 1. The van der Waals surface area contributed by atoms with Crippen LogP contribution >= 0.6 is 11.3 Å². The molecule has 0 radical (unpaired) electrons. The van der Waals surface area contributed by atoms with Gasteiger partial charge in [-0.25, -0.2) is 0 Å². The van der Waals surface area contributed by atoms with E-state index in [1.807, 2.05) is 16.8 Å². The fraction of sp³-hybridized carbons (Fsp3) is 0.286. The normalized spacial score (nSPS) is 10.5. The van der Waals surface area contributed by atoms with E-state index in [1.165, 1.54) is 0 Å². The molecular formula is C7H10N2OS. The maximum atomic E-state index is 11.0. The van der Waals surface area contributed by atoms with E-state index in [0.29, 0.717) is 6.42 Å². The summed E-state index contributed by atoms with van der Waals surface area (Å²) >= 11 is 1.56. The Morgan fingerprint density at radius 1 is 1.64 bits per heavy atom. The molecule has 0 amide bonds. The lowest BCUT2D eigenvalue weighted by molar-refractivity contribution is -0.119. The smallest absolute Gasteiger partial charge is 0.168 e. The van der Waals surface area contributed by atoms with Gasteiger partial charge in [-0.3, -0.25) is 4.79 Å². The van der Waals surface area contributed by atoms with Crippen molar-refractivity contribution < 1.29 is 4.79 Å². The van der Waals surface area contributed by atoms with Gasteiger partial charge in [0.2, 0.25) is 0 Å². The van der Waals surface area contributed by atoms with Gasteiger partial charge in [0, 0.05) is 6.42 Å². The molecule has 4 N–H and O–H groups in total. The molecule has 0 spiro atoms. The molecule has 0 fully saturated rings. The Morgan fingerprint density at radius 3 is 2.82 bits per heavy atom. The molecule has 0 atom stereocenters. The Morgan fingerprint density at radius 2 is 2.36 bits per heavy atom. The molecule has 4 heteroatoms. The third-order valence-electron chi connectivity index (χ3n) is 1.33. The molecule has 0 saturated carbocycles. The Labute approximate surface area is 69.0 Å². The largest absolute Gasteiger partial charge is 0.310 e. The average Bonchev–Trinajstić information content (AvgIpc) is 2.39. The molecule has 0 saturated heterocycles. The fourth-order valence-electron chi connectivity index (χ4n) is 0.712. The van der Waals surface area contributed by atoms with E-state index in [0.717, 1.165) is 5.56 Å². The summed E-state index contributed by atoms with van der Waals surface area (Å²) in [5.41, 5.74) is 11.4. The van der Waals surface area contributed by atoms with E-state index < -0.39 is 6.17 Å². The summed E-state index contributed by atoms with van der Waals surface area (Å²) in [5, 5.41) is 3.84. The minimum Gasteiger partial charge on any atom is -0.310 e. The summed E-state index contributed by atoms with van der Waals surface area (Å²) in [6.45, 7) is 0. The number of carbonyl (C=O) groups is 1. The minimum atomic E-state index is -0.838. The monoisotopic (exact) mass is 170 g/mol. The first-order valence-electron chi connectivity index (χ1n) is 3.25. The van der Waals surface area contributed by atoms with Crippen LogP contribution in [0, 0.1) is 0 Å². The highest BCUT2D eigenvalue weighted by Crippen LogP contribution is 2.06. The highest BCUT2D eigenvalue weighted by molar-refractivity contribution is 7.07. The Bertz CT molecular complexity index is 231. The molecule has 0 unspecified atom stereocenters. The van der Waals surface area contributed by atoms with Crippen LogP contribution in [0.15, 0.2) is 16.8 Å². The van der Waals surface area contributed by atoms with Crippen LogP contribution < -0.4 is 11.5 Å². The van der Waals surface area contributed by atoms with Gasteiger partial charge in [-0.1, -0.05) is 0 Å². The predicted molar refractivity (Wildman–Crippen MR) is 45.2 cm³/mol. The van der Waals surface area contributed by atoms with Crippen molar-refractivity contribution >= 4 is 17.1 Å². The van der Waals surface area contributed by atoms with E-state index in [4.69, 9.17) is 11.5 Å². The average molecular weight is 170 g/mol. The molecule has 0 aromatic carbocycles. The fourth-order valence-corrected chi connectivity index (χ4v) is 1.38. The topological polar surface area (TPSA) is 69.1 Å². The lowest BCUT2D eigenvalue weighted by atomic mass is 10.1. The van der Waals surface area contributed by atoms with Gasteiger partial charge in [0.25, 0.3) is 0 Å². The Kier molecular flexibility index (Phi) is 2.76. The van der Waals surface area contributed by atoms with Crippen LogP contribution in [0.3, 0.4) is 0 Å². The predicted octanol–water partition coefficient (Wildman–Crippen LogP) is 0.103. The SMILES string of the molecule is NC(N)C(=O)Cc1ccsc1. The second-order valence-corrected chi connectivity index (χ2v) is 3.08. The lowest BCUT2D eigenvalue weighted by Gasteiger charge is -2.01. The molecule has 1 heterocycles. The van der Waals surface area contributed by atoms with Crippen LogP contribution in [-0.2, 0) is 11.2 Å². The summed E-state index contributed by atoms with van der Waals surface area (Å²) in [7, 11) is 0. The molecule has 0 aliphatic rings. The van der Waals surface area contributed by atoms with Gasteiger partial charge in [0.05, 0.1) is 0 Å². The van der Waals surface area contributed by atoms with Crippen LogP contribution in [0.25, 0.3) is 0 Å². The van der Waals surface area contributed by atoms with Gasteiger partial charge in [0.1, 0.15) is 6.17 Å². The number of carbonyl (C=O) groups excluding carboxylic acids is 1. The first kappa shape index (κ1) is 8.39. The highest BCUT2D eigenvalue weighted by Gasteiger charge is 2.08. The van der Waals surface area contributed by atoms with Crippen molar-refractivity contribution in [2.75, 3.05) is 0 Å². The number of Topliss-reactive ketones (excluding diaryl/α,β-unsaturated/α-hetero) is 1. The standard InChI is InChI=1S/C7H10N2OS/c8-7(9)6(10)3-5-1-2-11-4-5/h1-2,4,7H,3,8-9H2. The van der Waals surface area contributed by atoms with Gasteiger partial charge in [-0.05, 0) is 22.4 Å². The van der Waals surface area contributed by atoms with Crippen molar-refractivity contribution in [3.63, 3.8) is 0 Å². The summed E-state index contributed by atoms with van der Waals surface area (Å²) in [5.74, 6) is -0.122. The van der Waals surface area contributed by atoms with Gasteiger partial charge in [0.15, 0.2) is 5.78 Å². The number of ketones is 1. The van der Waals surface area contributed by atoms with Crippen LogP contribution in [0.1, 0.15) is 5.56 Å². The number of rotatable bonds is 3. The molecule has 0 aliphatic heterocycles. The minimum absolute atomic E-state index is 0.122. The summed E-state index contributed by atoms with van der Waals surface area (Å²) in [6, 6.07) is 1.89. The van der Waals surface area contributed by atoms with E-state index in [1.54, 1.807) is 11.3 Å². The van der Waals surface area contributed by atoms with Crippen LogP contribution in [0.5, 0.6) is 0 Å². The molecule has 0 bridgehead atoms. The molecule has 1 rings (SSSR count). The van der Waals surface area contributed by atoms with Crippen molar-refractivity contribution in [2.24, 2.45) is 11.5 Å². The molecule has 1 aromatic heterocycles. The van der Waals surface area contributed by atoms with E-state index in [-0.39, 0.29) is 5.78 Å². The second-order valence-electron chi connectivity index (χ2n) is 2.30. The Balaban J connectivity index is 2.50. The summed E-state index contributed by atoms with van der Waals surface area (Å²) in [6.07, 6.45) is -0.490. The van der Waals surface area contributed by atoms with Crippen molar-refractivity contribution in [1.82, 2.24) is 0 Å². The molecule has 0 aliphatic carbocycles. The zero-order chi connectivity index (χ0) is 8.27. The summed E-state index contributed by atoms with van der Waals surface area (Å²) < 4.78 is 0. The quantitative estimate of drug-likeness (QED) is 0.632. The van der Waals surface area contributed by atoms with Gasteiger partial charge >= 0.3 is 0 Å². The third-order valence-corrected chi connectivity index (χ3v) is 2.06. The van der Waals surface area contributed by atoms with Crippen molar-refractivity contribution in [2.45, 2.75) is 12.6 Å². The van der Waals surface area contributed by atoms with Gasteiger partial charge in [-0.15, -0.1) is 0 Å². The first-order chi connectivity index (χ1) is 5.20. The van der Waals surface area contributed by atoms with Crippen molar-refractivity contribution in [1.29, 1.82) is 0 Å². The van der Waals surface area contributed by atoms with Crippen molar-refractivity contribution in [3.8, 4) is 0 Å². The van der Waals surface area contributed by atoms with E-state index in [2.05, 4.69) is 0 Å². The highest BCUT2D eigenvalue weighted by atomic mass is 32.1. The van der Waals surface area contributed by atoms with Crippen molar-refractivity contribution in [3.05, 3.63) is 22.4 Å². The van der Waals surface area contributed by atoms with E-state index >= 15 is 0 Å². The first-order valence-corrected chi connectivity index (χ1v) is 4.19.